The van der Waals surface area contributed by atoms with E-state index in [0.717, 1.165) is 67.9 Å². The van der Waals surface area contributed by atoms with Gasteiger partial charge < -0.3 is 19.8 Å². The standard InChI is InChI=1S/C47H53F2N5O3/c1-32-27-37(11-14-42(32)54-23-17-43(56)50-45(54)57)53-25-19-46(20-26-53)18-24-51(31-46)30-33-15-21-52(22-16-33)36-9-7-35(8-10-36)44-39-13-12-38(55)28-41(39)47(48,49)29-40(44)34-5-3-2-4-6-34/h2-14,27-28,33,40,44,55H,15-26,29-31H2,1H3,(H,50,56,57)/t40-,44-/m1/s1. The highest BCUT2D eigenvalue weighted by Gasteiger charge is 2.47. The number of fused-ring (bicyclic) bond motifs is 1. The Hall–Kier alpha value is -4.96. The Kier molecular flexibility index (Phi) is 9.95. The van der Waals surface area contributed by atoms with Crippen molar-refractivity contribution in [3.8, 4) is 5.75 Å². The molecule has 1 aliphatic carbocycles. The van der Waals surface area contributed by atoms with E-state index < -0.39 is 5.92 Å². The zero-order chi connectivity index (χ0) is 39.3. The van der Waals surface area contributed by atoms with Gasteiger partial charge in [-0.25, -0.2) is 13.6 Å². The van der Waals surface area contributed by atoms with Gasteiger partial charge in [0.15, 0.2) is 0 Å². The lowest BCUT2D eigenvalue weighted by Gasteiger charge is -2.41. The molecule has 2 N–H and O–H groups in total. The van der Waals surface area contributed by atoms with Crippen LogP contribution in [0.15, 0.2) is 91.0 Å². The molecule has 298 valence electrons. The first-order valence-corrected chi connectivity index (χ1v) is 20.8. The van der Waals surface area contributed by atoms with Crippen LogP contribution in [-0.2, 0) is 10.7 Å². The largest absolute Gasteiger partial charge is 0.508 e. The van der Waals surface area contributed by atoms with E-state index in [1.165, 1.54) is 55.9 Å². The van der Waals surface area contributed by atoms with Gasteiger partial charge in [0.2, 0.25) is 5.91 Å². The molecule has 1 spiro atoms. The van der Waals surface area contributed by atoms with Gasteiger partial charge in [-0.15, -0.1) is 0 Å². The van der Waals surface area contributed by atoms with Crippen LogP contribution >= 0.6 is 0 Å². The van der Waals surface area contributed by atoms with Crippen LogP contribution in [0.5, 0.6) is 5.75 Å². The van der Waals surface area contributed by atoms with E-state index in [9.17, 15) is 14.7 Å². The number of benzene rings is 4. The van der Waals surface area contributed by atoms with E-state index in [1.54, 1.807) is 11.0 Å². The number of rotatable bonds is 7. The molecule has 4 saturated heterocycles. The van der Waals surface area contributed by atoms with Gasteiger partial charge in [-0.1, -0.05) is 48.5 Å². The molecule has 4 heterocycles. The molecule has 0 unspecified atom stereocenters. The fourth-order valence-electron chi connectivity index (χ4n) is 10.7. The summed E-state index contributed by atoms with van der Waals surface area (Å²) in [5, 5.41) is 12.6. The highest BCUT2D eigenvalue weighted by Crippen LogP contribution is 2.55. The number of piperidine rings is 2. The normalized spacial score (nSPS) is 23.8. The Morgan fingerprint density at radius 3 is 2.19 bits per heavy atom. The quantitative estimate of drug-likeness (QED) is 0.196. The molecular weight excluding hydrogens is 721 g/mol. The van der Waals surface area contributed by atoms with E-state index in [2.05, 4.69) is 56.4 Å². The molecule has 9 rings (SSSR count). The minimum absolute atomic E-state index is 0.0652. The number of hydrogen-bond acceptors (Lipinski definition) is 6. The Bertz CT molecular complexity index is 2110. The van der Waals surface area contributed by atoms with E-state index in [1.807, 2.05) is 43.3 Å². The highest BCUT2D eigenvalue weighted by atomic mass is 19.3. The lowest BCUT2D eigenvalue weighted by molar-refractivity contribution is -0.120. The topological polar surface area (TPSA) is 79.4 Å². The van der Waals surface area contributed by atoms with Crippen molar-refractivity contribution in [2.75, 3.05) is 67.1 Å². The maximum absolute atomic E-state index is 15.6. The van der Waals surface area contributed by atoms with Gasteiger partial charge >= 0.3 is 6.03 Å². The molecule has 4 aliphatic heterocycles. The molecule has 3 amide bonds. The van der Waals surface area contributed by atoms with E-state index in [0.29, 0.717) is 29.9 Å². The van der Waals surface area contributed by atoms with Crippen LogP contribution in [0.2, 0.25) is 0 Å². The average Bonchev–Trinajstić information content (AvgIpc) is 3.60. The van der Waals surface area contributed by atoms with Gasteiger partial charge in [0, 0.05) is 93.1 Å². The van der Waals surface area contributed by atoms with Crippen LogP contribution in [0.1, 0.15) is 84.6 Å². The van der Waals surface area contributed by atoms with E-state index in [4.69, 9.17) is 0 Å². The van der Waals surface area contributed by atoms with E-state index >= 15 is 8.78 Å². The number of phenolic OH excluding ortho intramolecular Hbond substituents is 1. The number of nitrogens with zero attached hydrogens (tertiary/aromatic N) is 4. The highest BCUT2D eigenvalue weighted by molar-refractivity contribution is 6.06. The van der Waals surface area contributed by atoms with Crippen LogP contribution in [0.4, 0.5) is 30.6 Å². The van der Waals surface area contributed by atoms with Crippen LogP contribution in [0, 0.1) is 18.3 Å². The number of hydrogen-bond donors (Lipinski definition) is 2. The van der Waals surface area contributed by atoms with Gasteiger partial charge in [0.05, 0.1) is 0 Å². The lowest BCUT2D eigenvalue weighted by atomic mass is 9.68. The SMILES string of the molecule is Cc1cc(N2CCC3(CCN(CC4CCN(c5ccc([C@@H]6c7ccc(O)cc7C(F)(F)C[C@@H]6c6ccccc6)cc5)CC4)C3)CC2)ccc1N1CCC(=O)NC1=O. The summed E-state index contributed by atoms with van der Waals surface area (Å²) in [6, 6.07) is 28.8. The number of carbonyl (C=O) groups is 2. The summed E-state index contributed by atoms with van der Waals surface area (Å²) in [7, 11) is 0. The van der Waals surface area contributed by atoms with Crippen molar-refractivity contribution in [1.29, 1.82) is 0 Å². The fourth-order valence-corrected chi connectivity index (χ4v) is 10.7. The summed E-state index contributed by atoms with van der Waals surface area (Å²) in [6.45, 7) is 10.1. The van der Waals surface area contributed by atoms with Gasteiger partial charge in [0.25, 0.3) is 5.92 Å². The number of urea groups is 1. The van der Waals surface area contributed by atoms with Crippen LogP contribution in [0.25, 0.3) is 0 Å². The van der Waals surface area contributed by atoms with Gasteiger partial charge in [-0.05, 0) is 122 Å². The molecule has 0 radical (unpaired) electrons. The summed E-state index contributed by atoms with van der Waals surface area (Å²) in [4.78, 5) is 33.4. The van der Waals surface area contributed by atoms with Crippen molar-refractivity contribution in [3.63, 3.8) is 0 Å². The molecule has 4 fully saturated rings. The lowest BCUT2D eigenvalue weighted by Crippen LogP contribution is -2.49. The predicted octanol–water partition coefficient (Wildman–Crippen LogP) is 8.77. The molecule has 0 aromatic heterocycles. The van der Waals surface area contributed by atoms with Crippen molar-refractivity contribution in [2.24, 2.45) is 11.3 Å². The maximum atomic E-state index is 15.6. The number of likely N-dealkylation sites (tertiary alicyclic amines) is 1. The van der Waals surface area contributed by atoms with E-state index in [-0.39, 0.29) is 41.5 Å². The monoisotopic (exact) mass is 773 g/mol. The third kappa shape index (κ3) is 7.49. The molecule has 4 aromatic rings. The summed E-state index contributed by atoms with van der Waals surface area (Å²) >= 11 is 0. The van der Waals surface area contributed by atoms with Crippen molar-refractivity contribution in [2.45, 2.75) is 69.6 Å². The van der Waals surface area contributed by atoms with Gasteiger partial charge in [0.1, 0.15) is 5.75 Å². The average molecular weight is 774 g/mol. The number of alkyl halides is 2. The zero-order valence-corrected chi connectivity index (χ0v) is 32.8. The number of aromatic hydroxyl groups is 1. The molecule has 57 heavy (non-hydrogen) atoms. The van der Waals surface area contributed by atoms with Crippen molar-refractivity contribution >= 4 is 29.0 Å². The number of imide groups is 1. The maximum Gasteiger partial charge on any atom is 0.328 e. The van der Waals surface area contributed by atoms with Crippen LogP contribution < -0.4 is 20.0 Å². The predicted molar refractivity (Wildman–Crippen MR) is 221 cm³/mol. The number of phenols is 1. The number of aryl methyl sites for hydroxylation is 1. The minimum atomic E-state index is -3.03. The summed E-state index contributed by atoms with van der Waals surface area (Å²) < 4.78 is 31.2. The van der Waals surface area contributed by atoms with Crippen molar-refractivity contribution < 1.29 is 23.5 Å². The molecule has 5 aliphatic rings. The summed E-state index contributed by atoms with van der Waals surface area (Å²) in [5.41, 5.74) is 7.15. The summed E-state index contributed by atoms with van der Waals surface area (Å²) in [6.07, 6.45) is 6.00. The Labute approximate surface area is 334 Å². The third-order valence-electron chi connectivity index (χ3n) is 13.9. The molecule has 8 nitrogen and oxygen atoms in total. The molecular formula is C47H53F2N5O3. The first-order chi connectivity index (χ1) is 27.5. The second-order valence-corrected chi connectivity index (χ2v) is 17.4. The Morgan fingerprint density at radius 2 is 1.47 bits per heavy atom. The Balaban J connectivity index is 0.786. The fraction of sp³-hybridized carbons (Fsp3) is 0.447. The molecule has 4 aromatic carbocycles. The first-order valence-electron chi connectivity index (χ1n) is 20.8. The Morgan fingerprint density at radius 1 is 0.772 bits per heavy atom. The molecule has 0 bridgehead atoms. The molecule has 10 heteroatoms. The number of nitrogens with one attached hydrogen (secondary N) is 1. The second kappa shape index (κ2) is 15.1. The number of carbonyl (C=O) groups excluding carboxylic acids is 2. The van der Waals surface area contributed by atoms with Crippen molar-refractivity contribution in [3.05, 3.63) is 119 Å². The zero-order valence-electron chi connectivity index (χ0n) is 32.8. The first kappa shape index (κ1) is 37.6. The second-order valence-electron chi connectivity index (χ2n) is 17.4. The summed E-state index contributed by atoms with van der Waals surface area (Å²) in [5.74, 6) is -3.31. The number of halogens is 2. The molecule has 0 saturated carbocycles. The van der Waals surface area contributed by atoms with Crippen LogP contribution in [-0.4, -0.2) is 74.3 Å². The van der Waals surface area contributed by atoms with Crippen molar-refractivity contribution in [1.82, 2.24) is 10.2 Å². The van der Waals surface area contributed by atoms with Crippen LogP contribution in [0.3, 0.4) is 0 Å². The smallest absolute Gasteiger partial charge is 0.328 e. The minimum Gasteiger partial charge on any atom is -0.508 e. The molecule has 2 atom stereocenters. The number of anilines is 3. The van der Waals surface area contributed by atoms with Gasteiger partial charge in [-0.3, -0.25) is 15.0 Å². The third-order valence-corrected chi connectivity index (χ3v) is 13.9. The van der Waals surface area contributed by atoms with Gasteiger partial charge in [-0.2, -0.15) is 0 Å². The number of amides is 3.